The average Bonchev–Trinajstić information content (AvgIpc) is 2.65. The molecular weight excluding hydrogens is 252 g/mol. The molecule has 5 heteroatoms. The molecule has 1 fully saturated rings. The van der Waals surface area contributed by atoms with Gasteiger partial charge in [0.1, 0.15) is 0 Å². The first kappa shape index (κ1) is 15.0. The van der Waals surface area contributed by atoms with Crippen LogP contribution in [0.25, 0.3) is 0 Å². The van der Waals surface area contributed by atoms with Crippen molar-refractivity contribution >= 4 is 5.91 Å². The number of nitrogens with one attached hydrogen (secondary N) is 1. The first-order chi connectivity index (χ1) is 9.50. The molecule has 1 saturated heterocycles. The predicted molar refractivity (Wildman–Crippen MR) is 79.9 cm³/mol. The number of carbonyl (C=O) groups excluding carboxylic acids is 1. The predicted octanol–water partition coefficient (Wildman–Crippen LogP) is 1.64. The smallest absolute Gasteiger partial charge is 0.255 e. The first-order valence-electron chi connectivity index (χ1n) is 7.53. The molecule has 5 nitrogen and oxygen atoms in total. The van der Waals surface area contributed by atoms with Gasteiger partial charge in [0, 0.05) is 31.9 Å². The molecule has 0 aromatic carbocycles. The second kappa shape index (κ2) is 6.39. The summed E-state index contributed by atoms with van der Waals surface area (Å²) in [5.41, 5.74) is 2.44. The molecule has 0 radical (unpaired) electrons. The molecule has 1 aliphatic rings. The van der Waals surface area contributed by atoms with Crippen LogP contribution in [-0.2, 0) is 7.05 Å². The number of piperidine rings is 1. The summed E-state index contributed by atoms with van der Waals surface area (Å²) < 4.78 is 1.76. The fourth-order valence-electron chi connectivity index (χ4n) is 2.99. The van der Waals surface area contributed by atoms with E-state index in [4.69, 9.17) is 0 Å². The lowest BCUT2D eigenvalue weighted by Crippen LogP contribution is -2.42. The van der Waals surface area contributed by atoms with E-state index in [2.05, 4.69) is 22.2 Å². The van der Waals surface area contributed by atoms with Gasteiger partial charge in [0.2, 0.25) is 0 Å². The number of aryl methyl sites for hydroxylation is 2. The Morgan fingerprint density at radius 2 is 2.15 bits per heavy atom. The van der Waals surface area contributed by atoms with E-state index in [0.717, 1.165) is 30.0 Å². The molecule has 1 amide bonds. The van der Waals surface area contributed by atoms with Gasteiger partial charge in [-0.15, -0.1) is 0 Å². The van der Waals surface area contributed by atoms with Crippen LogP contribution < -0.4 is 5.32 Å². The quantitative estimate of drug-likeness (QED) is 0.911. The highest BCUT2D eigenvalue weighted by atomic mass is 16.1. The molecule has 1 atom stereocenters. The second-order valence-electron chi connectivity index (χ2n) is 5.81. The lowest BCUT2D eigenvalue weighted by atomic mass is 10.0. The van der Waals surface area contributed by atoms with Crippen molar-refractivity contribution in [2.75, 3.05) is 19.6 Å². The number of aromatic nitrogens is 2. The van der Waals surface area contributed by atoms with Crippen molar-refractivity contribution in [3.63, 3.8) is 0 Å². The fourth-order valence-corrected chi connectivity index (χ4v) is 2.99. The molecule has 1 N–H and O–H groups in total. The summed E-state index contributed by atoms with van der Waals surface area (Å²) in [6, 6.07) is 0.641. The molecule has 1 unspecified atom stereocenters. The lowest BCUT2D eigenvalue weighted by molar-refractivity contribution is 0.0937. The van der Waals surface area contributed by atoms with Crippen LogP contribution in [0.15, 0.2) is 0 Å². The summed E-state index contributed by atoms with van der Waals surface area (Å²) in [5.74, 6) is -0.00207. The van der Waals surface area contributed by atoms with Crippen LogP contribution in [0.4, 0.5) is 0 Å². The third kappa shape index (κ3) is 3.20. The van der Waals surface area contributed by atoms with Gasteiger partial charge >= 0.3 is 0 Å². The van der Waals surface area contributed by atoms with E-state index in [1.165, 1.54) is 19.3 Å². The Balaban J connectivity index is 1.86. The van der Waals surface area contributed by atoms with Crippen molar-refractivity contribution in [1.29, 1.82) is 0 Å². The first-order valence-corrected chi connectivity index (χ1v) is 7.53. The number of hydrogen-bond donors (Lipinski definition) is 1. The van der Waals surface area contributed by atoms with Crippen molar-refractivity contribution in [3.8, 4) is 0 Å². The Kier molecular flexibility index (Phi) is 4.81. The van der Waals surface area contributed by atoms with E-state index >= 15 is 0 Å². The highest BCUT2D eigenvalue weighted by molar-refractivity contribution is 5.96. The van der Waals surface area contributed by atoms with E-state index in [9.17, 15) is 4.79 Å². The van der Waals surface area contributed by atoms with E-state index < -0.39 is 0 Å². The van der Waals surface area contributed by atoms with Gasteiger partial charge in [-0.1, -0.05) is 6.42 Å². The Hall–Kier alpha value is -1.36. The molecule has 1 aromatic heterocycles. The van der Waals surface area contributed by atoms with Crippen LogP contribution in [0.3, 0.4) is 0 Å². The summed E-state index contributed by atoms with van der Waals surface area (Å²) in [5, 5.41) is 7.31. The summed E-state index contributed by atoms with van der Waals surface area (Å²) >= 11 is 0. The molecule has 2 rings (SSSR count). The number of rotatable bonds is 4. The Morgan fingerprint density at radius 3 is 2.75 bits per heavy atom. The third-order valence-corrected chi connectivity index (χ3v) is 4.36. The van der Waals surface area contributed by atoms with Crippen molar-refractivity contribution in [3.05, 3.63) is 17.0 Å². The highest BCUT2D eigenvalue weighted by Crippen LogP contribution is 2.15. The standard InChI is InChI=1S/C15H26N4O/c1-11-7-5-6-9-19(11)10-8-16-15(20)14-12(2)17-18(4)13(14)3/h11H,5-10H2,1-4H3,(H,16,20). The molecule has 0 spiro atoms. The molecule has 2 heterocycles. The number of likely N-dealkylation sites (tertiary alicyclic amines) is 1. The van der Waals surface area contributed by atoms with Crippen molar-refractivity contribution < 1.29 is 4.79 Å². The molecule has 112 valence electrons. The topological polar surface area (TPSA) is 50.2 Å². The summed E-state index contributed by atoms with van der Waals surface area (Å²) in [4.78, 5) is 14.7. The van der Waals surface area contributed by atoms with E-state index in [1.54, 1.807) is 4.68 Å². The minimum Gasteiger partial charge on any atom is -0.351 e. The Bertz CT molecular complexity index is 480. The summed E-state index contributed by atoms with van der Waals surface area (Å²) in [6.45, 7) is 8.89. The highest BCUT2D eigenvalue weighted by Gasteiger charge is 2.19. The second-order valence-corrected chi connectivity index (χ2v) is 5.81. The van der Waals surface area contributed by atoms with Gasteiger partial charge in [-0.2, -0.15) is 5.10 Å². The molecule has 0 bridgehead atoms. The fraction of sp³-hybridized carbons (Fsp3) is 0.733. The minimum atomic E-state index is -0.00207. The Labute approximate surface area is 121 Å². The number of hydrogen-bond acceptors (Lipinski definition) is 3. The molecular formula is C15H26N4O. The number of amides is 1. The third-order valence-electron chi connectivity index (χ3n) is 4.36. The molecule has 1 aliphatic heterocycles. The maximum atomic E-state index is 12.2. The average molecular weight is 278 g/mol. The van der Waals surface area contributed by atoms with Crippen molar-refractivity contribution in [2.45, 2.75) is 46.1 Å². The van der Waals surface area contributed by atoms with Crippen LogP contribution in [0.1, 0.15) is 47.9 Å². The van der Waals surface area contributed by atoms with Gasteiger partial charge in [-0.05, 0) is 40.2 Å². The van der Waals surface area contributed by atoms with E-state index in [1.807, 2.05) is 20.9 Å². The number of nitrogens with zero attached hydrogens (tertiary/aromatic N) is 3. The zero-order valence-corrected chi connectivity index (χ0v) is 13.1. The van der Waals surface area contributed by atoms with Crippen LogP contribution in [0.2, 0.25) is 0 Å². The van der Waals surface area contributed by atoms with Crippen LogP contribution >= 0.6 is 0 Å². The molecule has 20 heavy (non-hydrogen) atoms. The van der Waals surface area contributed by atoms with Gasteiger partial charge in [0.05, 0.1) is 11.3 Å². The minimum absolute atomic E-state index is 0.00207. The molecule has 0 saturated carbocycles. The maximum absolute atomic E-state index is 12.2. The maximum Gasteiger partial charge on any atom is 0.255 e. The molecule has 1 aromatic rings. The van der Waals surface area contributed by atoms with Gasteiger partial charge < -0.3 is 5.32 Å². The largest absolute Gasteiger partial charge is 0.351 e. The summed E-state index contributed by atoms with van der Waals surface area (Å²) in [6.07, 6.45) is 3.88. The van der Waals surface area contributed by atoms with E-state index in [-0.39, 0.29) is 5.91 Å². The van der Waals surface area contributed by atoms with Gasteiger partial charge in [-0.3, -0.25) is 14.4 Å². The van der Waals surface area contributed by atoms with Crippen molar-refractivity contribution in [1.82, 2.24) is 20.0 Å². The van der Waals surface area contributed by atoms with Gasteiger partial charge in [-0.25, -0.2) is 0 Å². The molecule has 0 aliphatic carbocycles. The van der Waals surface area contributed by atoms with Gasteiger partial charge in [0.25, 0.3) is 5.91 Å². The van der Waals surface area contributed by atoms with Crippen LogP contribution in [-0.4, -0.2) is 46.3 Å². The Morgan fingerprint density at radius 1 is 1.40 bits per heavy atom. The normalized spacial score (nSPS) is 20.1. The van der Waals surface area contributed by atoms with Crippen LogP contribution in [0, 0.1) is 13.8 Å². The van der Waals surface area contributed by atoms with Crippen LogP contribution in [0.5, 0.6) is 0 Å². The van der Waals surface area contributed by atoms with Gasteiger partial charge in [0.15, 0.2) is 0 Å². The lowest BCUT2D eigenvalue weighted by Gasteiger charge is -2.33. The summed E-state index contributed by atoms with van der Waals surface area (Å²) in [7, 11) is 1.87. The van der Waals surface area contributed by atoms with E-state index in [0.29, 0.717) is 12.6 Å². The monoisotopic (exact) mass is 278 g/mol. The zero-order valence-electron chi connectivity index (χ0n) is 13.1. The number of carbonyl (C=O) groups is 1. The SMILES string of the molecule is Cc1nn(C)c(C)c1C(=O)NCCN1CCCCC1C. The van der Waals surface area contributed by atoms with Crippen molar-refractivity contribution in [2.24, 2.45) is 7.05 Å². The zero-order chi connectivity index (χ0) is 14.7.